The molecule has 0 bridgehead atoms. The smallest absolute Gasteiger partial charge is 0.407 e. The Kier molecular flexibility index (Phi) is 7.80. The van der Waals surface area contributed by atoms with Crippen LogP contribution in [-0.2, 0) is 19.1 Å². The van der Waals surface area contributed by atoms with Crippen molar-refractivity contribution in [2.75, 3.05) is 39.5 Å². The van der Waals surface area contributed by atoms with Gasteiger partial charge in [0.25, 0.3) is 0 Å². The van der Waals surface area contributed by atoms with Crippen LogP contribution in [0.1, 0.15) is 36.3 Å². The maximum Gasteiger partial charge on any atom is 0.407 e. The minimum atomic E-state index is -0.854. The molecule has 0 aromatic heterocycles. The number of ether oxygens (including phenoxy) is 2. The molecular formula is C26H30N2O6. The summed E-state index contributed by atoms with van der Waals surface area (Å²) in [6, 6.07) is 16.3. The summed E-state index contributed by atoms with van der Waals surface area (Å²) in [6.07, 6.45) is 0.997. The van der Waals surface area contributed by atoms with Gasteiger partial charge in [-0.25, -0.2) is 4.79 Å². The molecular weight excluding hydrogens is 436 g/mol. The fourth-order valence-electron chi connectivity index (χ4n) is 4.70. The summed E-state index contributed by atoms with van der Waals surface area (Å²) < 4.78 is 10.9. The number of piperidine rings is 1. The molecule has 2 aromatic carbocycles. The van der Waals surface area contributed by atoms with Crippen molar-refractivity contribution >= 4 is 18.0 Å². The van der Waals surface area contributed by atoms with E-state index in [4.69, 9.17) is 14.6 Å². The largest absolute Gasteiger partial charge is 0.481 e. The van der Waals surface area contributed by atoms with Gasteiger partial charge in [0, 0.05) is 25.6 Å². The van der Waals surface area contributed by atoms with Crippen molar-refractivity contribution in [1.29, 1.82) is 0 Å². The van der Waals surface area contributed by atoms with Gasteiger partial charge in [-0.3, -0.25) is 9.59 Å². The second-order valence-electron chi connectivity index (χ2n) is 8.63. The molecule has 4 rings (SSSR count). The van der Waals surface area contributed by atoms with Crippen LogP contribution in [0, 0.1) is 5.92 Å². The summed E-state index contributed by atoms with van der Waals surface area (Å²) >= 11 is 0. The molecule has 2 aromatic rings. The summed E-state index contributed by atoms with van der Waals surface area (Å²) in [5.41, 5.74) is 4.68. The monoisotopic (exact) mass is 466 g/mol. The molecule has 34 heavy (non-hydrogen) atoms. The topological polar surface area (TPSA) is 105 Å². The van der Waals surface area contributed by atoms with Crippen molar-refractivity contribution < 1.29 is 29.0 Å². The summed E-state index contributed by atoms with van der Waals surface area (Å²) in [6.45, 7) is 1.86. The molecule has 2 amide bonds. The van der Waals surface area contributed by atoms with Gasteiger partial charge in [-0.2, -0.15) is 0 Å². The Balaban J connectivity index is 1.13. The minimum absolute atomic E-state index is 0.0101. The SMILES string of the molecule is O=C(NCCOCCC(=O)N1CCCC(C(=O)O)C1)OCC1c2ccccc2-c2ccccc21. The molecule has 1 saturated heterocycles. The Bertz CT molecular complexity index is 994. The zero-order valence-corrected chi connectivity index (χ0v) is 19.1. The van der Waals surface area contributed by atoms with E-state index >= 15 is 0 Å². The molecule has 1 fully saturated rings. The first-order valence-corrected chi connectivity index (χ1v) is 11.7. The first-order valence-electron chi connectivity index (χ1n) is 11.7. The molecule has 1 atom stereocenters. The van der Waals surface area contributed by atoms with E-state index in [1.165, 1.54) is 11.1 Å². The van der Waals surface area contributed by atoms with Crippen LogP contribution in [-0.4, -0.2) is 67.4 Å². The first kappa shape index (κ1) is 23.8. The molecule has 0 spiro atoms. The molecule has 8 heteroatoms. The van der Waals surface area contributed by atoms with Gasteiger partial charge >= 0.3 is 12.1 Å². The quantitative estimate of drug-likeness (QED) is 0.550. The van der Waals surface area contributed by atoms with Crippen molar-refractivity contribution in [3.05, 3.63) is 59.7 Å². The average Bonchev–Trinajstić information content (AvgIpc) is 3.18. The van der Waals surface area contributed by atoms with Crippen LogP contribution >= 0.6 is 0 Å². The molecule has 2 N–H and O–H groups in total. The number of hydrogen-bond donors (Lipinski definition) is 2. The van der Waals surface area contributed by atoms with Crippen molar-refractivity contribution in [1.82, 2.24) is 10.2 Å². The number of carboxylic acids is 1. The molecule has 180 valence electrons. The number of benzene rings is 2. The number of alkyl carbamates (subject to hydrolysis) is 1. The number of aliphatic carboxylic acids is 1. The van der Waals surface area contributed by atoms with Gasteiger partial charge < -0.3 is 24.8 Å². The minimum Gasteiger partial charge on any atom is -0.481 e. The van der Waals surface area contributed by atoms with Crippen LogP contribution in [0.4, 0.5) is 4.79 Å². The lowest BCUT2D eigenvalue weighted by molar-refractivity contribution is -0.145. The third kappa shape index (κ3) is 5.56. The van der Waals surface area contributed by atoms with Crippen LogP contribution < -0.4 is 5.32 Å². The number of carboxylic acid groups (broad SMARTS) is 1. The highest BCUT2D eigenvalue weighted by molar-refractivity contribution is 5.79. The third-order valence-corrected chi connectivity index (χ3v) is 6.44. The second kappa shape index (κ2) is 11.2. The molecule has 0 radical (unpaired) electrons. The predicted octanol–water partition coefficient (Wildman–Crippen LogP) is 3.26. The molecule has 1 aliphatic heterocycles. The van der Waals surface area contributed by atoms with Crippen molar-refractivity contribution in [3.63, 3.8) is 0 Å². The van der Waals surface area contributed by atoms with Crippen molar-refractivity contribution in [2.24, 2.45) is 5.92 Å². The molecule has 2 aliphatic rings. The van der Waals surface area contributed by atoms with E-state index in [0.717, 1.165) is 11.1 Å². The number of nitrogens with zero attached hydrogens (tertiary/aromatic N) is 1. The number of amides is 2. The Morgan fingerprint density at radius 1 is 1.00 bits per heavy atom. The van der Waals surface area contributed by atoms with Crippen LogP contribution in [0.15, 0.2) is 48.5 Å². The van der Waals surface area contributed by atoms with Crippen LogP contribution in [0.2, 0.25) is 0 Å². The highest BCUT2D eigenvalue weighted by Gasteiger charge is 2.29. The lowest BCUT2D eigenvalue weighted by atomic mass is 9.98. The molecule has 1 unspecified atom stereocenters. The Labute approximate surface area is 198 Å². The first-order chi connectivity index (χ1) is 16.5. The third-order valence-electron chi connectivity index (χ3n) is 6.44. The maximum atomic E-state index is 12.3. The van der Waals surface area contributed by atoms with E-state index in [-0.39, 0.29) is 51.2 Å². The van der Waals surface area contributed by atoms with E-state index in [2.05, 4.69) is 29.6 Å². The number of carbonyl (C=O) groups excluding carboxylic acids is 2. The Morgan fingerprint density at radius 2 is 1.68 bits per heavy atom. The van der Waals surface area contributed by atoms with E-state index in [0.29, 0.717) is 19.4 Å². The number of likely N-dealkylation sites (tertiary alicyclic amines) is 1. The fourth-order valence-corrected chi connectivity index (χ4v) is 4.70. The van der Waals surface area contributed by atoms with E-state index in [1.54, 1.807) is 4.90 Å². The van der Waals surface area contributed by atoms with Crippen LogP contribution in [0.5, 0.6) is 0 Å². The van der Waals surface area contributed by atoms with Gasteiger partial charge in [0.05, 0.1) is 25.6 Å². The number of rotatable bonds is 9. The Hall–Kier alpha value is -3.39. The lowest BCUT2D eigenvalue weighted by Crippen LogP contribution is -2.42. The summed E-state index contributed by atoms with van der Waals surface area (Å²) in [5, 5.41) is 11.8. The fraction of sp³-hybridized carbons (Fsp3) is 0.423. The number of hydrogen-bond acceptors (Lipinski definition) is 5. The summed E-state index contributed by atoms with van der Waals surface area (Å²) in [5.74, 6) is -1.43. The van der Waals surface area contributed by atoms with Gasteiger partial charge in [-0.1, -0.05) is 48.5 Å². The summed E-state index contributed by atoms with van der Waals surface area (Å²) in [7, 11) is 0. The molecule has 1 heterocycles. The van der Waals surface area contributed by atoms with Crippen LogP contribution in [0.3, 0.4) is 0 Å². The van der Waals surface area contributed by atoms with Gasteiger partial charge in [0.1, 0.15) is 6.61 Å². The van der Waals surface area contributed by atoms with Gasteiger partial charge in [-0.15, -0.1) is 0 Å². The van der Waals surface area contributed by atoms with Crippen molar-refractivity contribution in [2.45, 2.75) is 25.2 Å². The van der Waals surface area contributed by atoms with Crippen LogP contribution in [0.25, 0.3) is 11.1 Å². The number of nitrogens with one attached hydrogen (secondary N) is 1. The Morgan fingerprint density at radius 3 is 2.35 bits per heavy atom. The van der Waals surface area contributed by atoms with Gasteiger partial charge in [0.15, 0.2) is 0 Å². The normalized spacial score (nSPS) is 17.1. The average molecular weight is 467 g/mol. The standard InChI is InChI=1S/C26H30N2O6/c29-24(28-13-5-6-18(16-28)25(30)31)11-14-33-15-12-27-26(32)34-17-23-21-9-3-1-7-19(21)20-8-2-4-10-22(20)23/h1-4,7-10,18,23H,5-6,11-17H2,(H,27,32)(H,30,31). The van der Waals surface area contributed by atoms with Gasteiger partial charge in [0.2, 0.25) is 5.91 Å². The number of fused-ring (bicyclic) bond motifs is 3. The number of carbonyl (C=O) groups is 3. The predicted molar refractivity (Wildman–Crippen MR) is 125 cm³/mol. The molecule has 1 aliphatic carbocycles. The molecule has 8 nitrogen and oxygen atoms in total. The zero-order valence-electron chi connectivity index (χ0n) is 19.1. The van der Waals surface area contributed by atoms with E-state index in [1.807, 2.05) is 24.3 Å². The lowest BCUT2D eigenvalue weighted by Gasteiger charge is -2.30. The second-order valence-corrected chi connectivity index (χ2v) is 8.63. The van der Waals surface area contributed by atoms with E-state index < -0.39 is 18.0 Å². The van der Waals surface area contributed by atoms with Gasteiger partial charge in [-0.05, 0) is 35.1 Å². The summed E-state index contributed by atoms with van der Waals surface area (Å²) in [4.78, 5) is 37.1. The highest BCUT2D eigenvalue weighted by atomic mass is 16.5. The molecule has 0 saturated carbocycles. The highest BCUT2D eigenvalue weighted by Crippen LogP contribution is 2.44. The maximum absolute atomic E-state index is 12.3. The zero-order chi connectivity index (χ0) is 23.9. The van der Waals surface area contributed by atoms with E-state index in [9.17, 15) is 14.4 Å². The van der Waals surface area contributed by atoms with Crippen molar-refractivity contribution in [3.8, 4) is 11.1 Å².